The van der Waals surface area contributed by atoms with Crippen LogP contribution in [0.1, 0.15) is 29.9 Å². The minimum atomic E-state index is 0.461. The highest BCUT2D eigenvalue weighted by molar-refractivity contribution is 8.00. The number of anilines is 5. The van der Waals surface area contributed by atoms with E-state index in [1.807, 2.05) is 23.1 Å². The van der Waals surface area contributed by atoms with Crippen molar-refractivity contribution in [2.24, 2.45) is 0 Å². The Kier molecular flexibility index (Phi) is 8.95. The number of para-hydroxylation sites is 2. The van der Waals surface area contributed by atoms with Crippen molar-refractivity contribution in [2.45, 2.75) is 28.9 Å². The maximum atomic E-state index is 2.44. The maximum absolute atomic E-state index is 2.44. The predicted molar refractivity (Wildman–Crippen MR) is 250 cm³/mol. The molecular formula is C54H40N2S2. The van der Waals surface area contributed by atoms with E-state index in [4.69, 9.17) is 0 Å². The molecule has 2 atom stereocenters. The summed E-state index contributed by atoms with van der Waals surface area (Å²) in [5.41, 5.74) is 13.7. The molecule has 58 heavy (non-hydrogen) atoms. The van der Waals surface area contributed by atoms with Crippen molar-refractivity contribution in [2.75, 3.05) is 9.80 Å². The van der Waals surface area contributed by atoms with Crippen molar-refractivity contribution in [3.05, 3.63) is 223 Å². The normalized spacial score (nSPS) is 16.8. The zero-order valence-corrected chi connectivity index (χ0v) is 33.5. The van der Waals surface area contributed by atoms with E-state index >= 15 is 0 Å². The fraction of sp³-hybridized carbons (Fsp3) is 0.0741. The van der Waals surface area contributed by atoms with Crippen LogP contribution in [0, 0.1) is 0 Å². The first-order valence-corrected chi connectivity index (χ1v) is 21.8. The van der Waals surface area contributed by atoms with E-state index in [9.17, 15) is 0 Å². The molecule has 0 fully saturated rings. The monoisotopic (exact) mass is 780 g/mol. The quantitative estimate of drug-likeness (QED) is 0.152. The molecule has 1 aromatic heterocycles. The van der Waals surface area contributed by atoms with Crippen LogP contribution in [-0.2, 0) is 0 Å². The van der Waals surface area contributed by atoms with Crippen LogP contribution in [0.5, 0.6) is 0 Å². The molecule has 3 aliphatic rings. The Morgan fingerprint density at radius 3 is 1.81 bits per heavy atom. The lowest BCUT2D eigenvalue weighted by Crippen LogP contribution is -2.17. The summed E-state index contributed by atoms with van der Waals surface area (Å²) >= 11 is 3.85. The Hall–Kier alpha value is -6.33. The van der Waals surface area contributed by atoms with Gasteiger partial charge < -0.3 is 9.80 Å². The molecule has 0 spiro atoms. The average molecular weight is 781 g/mol. The molecule has 0 saturated heterocycles. The highest BCUT2D eigenvalue weighted by atomic mass is 32.2. The van der Waals surface area contributed by atoms with E-state index in [0.717, 1.165) is 24.2 Å². The second-order valence-corrected chi connectivity index (χ2v) is 17.5. The summed E-state index contributed by atoms with van der Waals surface area (Å²) in [4.78, 5) is 6.19. The number of fused-ring (bicyclic) bond motifs is 6. The summed E-state index contributed by atoms with van der Waals surface area (Å²) in [6.07, 6.45) is 15.7. The Morgan fingerprint density at radius 1 is 0.448 bits per heavy atom. The molecule has 2 unspecified atom stereocenters. The zero-order chi connectivity index (χ0) is 38.4. The molecule has 8 aromatic rings. The number of benzene rings is 7. The first kappa shape index (κ1) is 34.9. The van der Waals surface area contributed by atoms with Crippen LogP contribution in [0.15, 0.2) is 217 Å². The van der Waals surface area contributed by atoms with Crippen LogP contribution in [0.4, 0.5) is 28.4 Å². The van der Waals surface area contributed by atoms with Gasteiger partial charge in [-0.2, -0.15) is 0 Å². The minimum Gasteiger partial charge on any atom is -0.314 e. The van der Waals surface area contributed by atoms with Gasteiger partial charge in [-0.1, -0.05) is 134 Å². The minimum absolute atomic E-state index is 0.461. The fourth-order valence-electron chi connectivity index (χ4n) is 8.83. The Balaban J connectivity index is 0.852. The number of hydrogen-bond acceptors (Lipinski definition) is 4. The Bertz CT molecular complexity index is 2920. The van der Waals surface area contributed by atoms with Crippen molar-refractivity contribution < 1.29 is 0 Å². The molecule has 11 rings (SSSR count). The molecule has 2 heterocycles. The van der Waals surface area contributed by atoms with E-state index in [0.29, 0.717) is 11.2 Å². The van der Waals surface area contributed by atoms with Crippen molar-refractivity contribution in [3.63, 3.8) is 0 Å². The predicted octanol–water partition coefficient (Wildman–Crippen LogP) is 15.8. The SMILES string of the molecule is C1=CC2Sc3cc(N(c4ccccc4)c4ccc(-c5ccc(C6=CC=C(N(c7ccccc7)c7ccc8c(c7)sc7ccccc78)CC6)cc5)cc4)ccc3C2C=C1. The molecule has 0 saturated carbocycles. The summed E-state index contributed by atoms with van der Waals surface area (Å²) in [5, 5.41) is 3.15. The highest BCUT2D eigenvalue weighted by Gasteiger charge is 2.31. The maximum Gasteiger partial charge on any atom is 0.0472 e. The van der Waals surface area contributed by atoms with Crippen molar-refractivity contribution in [1.29, 1.82) is 0 Å². The summed E-state index contributed by atoms with van der Waals surface area (Å²) in [5.74, 6) is 0.461. The van der Waals surface area contributed by atoms with Crippen LogP contribution in [-0.4, -0.2) is 5.25 Å². The van der Waals surface area contributed by atoms with Crippen LogP contribution in [0.3, 0.4) is 0 Å². The van der Waals surface area contributed by atoms with Crippen LogP contribution in [0.2, 0.25) is 0 Å². The number of thiophene rings is 1. The number of nitrogens with zero attached hydrogens (tertiary/aromatic N) is 2. The summed E-state index contributed by atoms with van der Waals surface area (Å²) < 4.78 is 2.66. The molecule has 2 aliphatic carbocycles. The third-order valence-corrected chi connectivity index (χ3v) is 14.2. The molecule has 7 aromatic carbocycles. The van der Waals surface area contributed by atoms with Crippen LogP contribution < -0.4 is 9.80 Å². The van der Waals surface area contributed by atoms with Crippen molar-refractivity contribution in [3.8, 4) is 11.1 Å². The number of thioether (sulfide) groups is 1. The van der Waals surface area contributed by atoms with E-state index in [1.165, 1.54) is 75.7 Å². The standard InChI is InChI=1S/C54H40N2S2/c1-3-11-41(12-4-1)55(45-31-33-49-47-15-7-9-17-51(47)57-53(49)35-45)43-27-23-39(24-28-43)37-19-21-38(22-20-37)40-25-29-44(30-26-40)56(42-13-5-2-6-14-42)46-32-34-50-48-16-8-10-18-52(48)58-54(50)36-46/h1-25,27-29,31-36,47,51H,26,30H2. The lowest BCUT2D eigenvalue weighted by atomic mass is 9.92. The molecule has 1 aliphatic heterocycles. The molecular weight excluding hydrogens is 741 g/mol. The van der Waals surface area contributed by atoms with Gasteiger partial charge >= 0.3 is 0 Å². The lowest BCUT2D eigenvalue weighted by Gasteiger charge is -2.30. The van der Waals surface area contributed by atoms with Gasteiger partial charge in [0.05, 0.1) is 0 Å². The molecule has 4 heteroatoms. The lowest BCUT2D eigenvalue weighted by molar-refractivity contribution is 0.881. The fourth-order valence-corrected chi connectivity index (χ4v) is 11.3. The third-order valence-electron chi connectivity index (χ3n) is 11.7. The second kappa shape index (κ2) is 14.9. The van der Waals surface area contributed by atoms with Gasteiger partial charge in [-0.05, 0) is 113 Å². The van der Waals surface area contributed by atoms with E-state index in [-0.39, 0.29) is 0 Å². The first-order valence-electron chi connectivity index (χ1n) is 20.1. The molecule has 0 radical (unpaired) electrons. The van der Waals surface area contributed by atoms with Gasteiger partial charge in [0.1, 0.15) is 0 Å². The van der Waals surface area contributed by atoms with Crippen molar-refractivity contribution >= 4 is 77.3 Å². The number of hydrogen-bond donors (Lipinski definition) is 0. The molecule has 0 N–H and O–H groups in total. The van der Waals surface area contributed by atoms with Crippen LogP contribution >= 0.6 is 23.1 Å². The number of allylic oxidation sites excluding steroid dienone is 7. The third kappa shape index (κ3) is 6.39. The summed E-state index contributed by atoms with van der Waals surface area (Å²) in [7, 11) is 0. The Morgan fingerprint density at radius 2 is 1.05 bits per heavy atom. The molecule has 0 amide bonds. The van der Waals surface area contributed by atoms with Gasteiger partial charge in [0.2, 0.25) is 0 Å². The van der Waals surface area contributed by atoms with Gasteiger partial charge in [0, 0.05) is 70.4 Å². The van der Waals surface area contributed by atoms with Gasteiger partial charge in [0.15, 0.2) is 0 Å². The van der Waals surface area contributed by atoms with Crippen molar-refractivity contribution in [1.82, 2.24) is 0 Å². The van der Waals surface area contributed by atoms with Gasteiger partial charge in [-0.3, -0.25) is 0 Å². The first-order chi connectivity index (χ1) is 28.7. The van der Waals surface area contributed by atoms with E-state index in [1.54, 1.807) is 0 Å². The van der Waals surface area contributed by atoms with E-state index < -0.39 is 0 Å². The summed E-state index contributed by atoms with van der Waals surface area (Å²) in [6.45, 7) is 0. The van der Waals surface area contributed by atoms with Gasteiger partial charge in [-0.25, -0.2) is 0 Å². The topological polar surface area (TPSA) is 6.48 Å². The molecule has 2 nitrogen and oxygen atoms in total. The van der Waals surface area contributed by atoms with E-state index in [2.05, 4.69) is 216 Å². The molecule has 0 bridgehead atoms. The smallest absolute Gasteiger partial charge is 0.0472 e. The van der Waals surface area contributed by atoms with Gasteiger partial charge in [-0.15, -0.1) is 23.1 Å². The molecule has 278 valence electrons. The summed E-state index contributed by atoms with van der Waals surface area (Å²) in [6, 6.07) is 62.3. The largest absolute Gasteiger partial charge is 0.314 e. The average Bonchev–Trinajstić information content (AvgIpc) is 3.86. The zero-order valence-electron chi connectivity index (χ0n) is 31.9. The highest BCUT2D eigenvalue weighted by Crippen LogP contribution is 2.50. The number of rotatable bonds is 8. The van der Waals surface area contributed by atoms with Gasteiger partial charge in [0.25, 0.3) is 0 Å². The van der Waals surface area contributed by atoms with Crippen LogP contribution in [0.25, 0.3) is 36.9 Å². The second-order valence-electron chi connectivity index (χ2n) is 15.2. The Labute approximate surface area is 348 Å².